The van der Waals surface area contributed by atoms with E-state index in [0.29, 0.717) is 6.54 Å². The van der Waals surface area contributed by atoms with Gasteiger partial charge in [0.25, 0.3) is 0 Å². The van der Waals surface area contributed by atoms with Crippen LogP contribution in [0.1, 0.15) is 24.8 Å². The van der Waals surface area contributed by atoms with E-state index >= 15 is 0 Å². The third-order valence-corrected chi connectivity index (χ3v) is 4.43. The van der Waals surface area contributed by atoms with Gasteiger partial charge in [0.05, 0.1) is 12.2 Å². The molecule has 0 saturated heterocycles. The highest BCUT2D eigenvalue weighted by Crippen LogP contribution is 2.27. The van der Waals surface area contributed by atoms with E-state index in [2.05, 4.69) is 45.0 Å². The molecule has 4 nitrogen and oxygen atoms in total. The first-order valence-electron chi connectivity index (χ1n) is 7.87. The molecule has 1 aromatic heterocycles. The molecule has 2 aromatic rings. The molecule has 1 aliphatic rings. The van der Waals surface area contributed by atoms with Crippen LogP contribution in [-0.4, -0.2) is 24.0 Å². The molecule has 22 heavy (non-hydrogen) atoms. The fourth-order valence-electron chi connectivity index (χ4n) is 2.18. The molecule has 1 heterocycles. The fourth-order valence-corrected chi connectivity index (χ4v) is 2.90. The van der Waals surface area contributed by atoms with Crippen LogP contribution >= 0.6 is 11.3 Å². The molecule has 1 saturated carbocycles. The lowest BCUT2D eigenvalue weighted by molar-refractivity contribution is 0.739. The smallest absolute Gasteiger partial charge is 0.191 e. The Morgan fingerprint density at radius 3 is 2.82 bits per heavy atom. The number of hydrogen-bond acceptors (Lipinski definition) is 3. The Hall–Kier alpha value is -1.88. The van der Waals surface area contributed by atoms with Gasteiger partial charge in [-0.3, -0.25) is 0 Å². The number of guanidine groups is 1. The molecular formula is C17H22N4S. The van der Waals surface area contributed by atoms with Crippen LogP contribution < -0.4 is 10.6 Å². The van der Waals surface area contributed by atoms with Crippen molar-refractivity contribution in [2.45, 2.75) is 26.3 Å². The Balaban J connectivity index is 1.61. The molecule has 1 aliphatic carbocycles. The molecule has 0 unspecified atom stereocenters. The van der Waals surface area contributed by atoms with Crippen LogP contribution in [0, 0.1) is 5.92 Å². The van der Waals surface area contributed by atoms with Crippen molar-refractivity contribution >= 4 is 17.3 Å². The second-order valence-electron chi connectivity index (χ2n) is 5.51. The van der Waals surface area contributed by atoms with Gasteiger partial charge in [-0.15, -0.1) is 11.3 Å². The Morgan fingerprint density at radius 1 is 1.27 bits per heavy atom. The van der Waals surface area contributed by atoms with Crippen molar-refractivity contribution in [2.24, 2.45) is 10.9 Å². The van der Waals surface area contributed by atoms with E-state index in [1.54, 1.807) is 11.3 Å². The summed E-state index contributed by atoms with van der Waals surface area (Å²) in [6.45, 7) is 4.62. The van der Waals surface area contributed by atoms with Gasteiger partial charge in [0.15, 0.2) is 5.96 Å². The Bertz CT molecular complexity index is 617. The monoisotopic (exact) mass is 314 g/mol. The predicted molar refractivity (Wildman–Crippen MR) is 93.1 cm³/mol. The van der Waals surface area contributed by atoms with Gasteiger partial charge >= 0.3 is 0 Å². The van der Waals surface area contributed by atoms with E-state index in [-0.39, 0.29) is 0 Å². The topological polar surface area (TPSA) is 49.3 Å². The molecule has 0 atom stereocenters. The first-order chi connectivity index (χ1) is 10.8. The summed E-state index contributed by atoms with van der Waals surface area (Å²) in [6, 6.07) is 10.3. The molecule has 116 valence electrons. The van der Waals surface area contributed by atoms with Gasteiger partial charge in [0.2, 0.25) is 0 Å². The van der Waals surface area contributed by atoms with Crippen molar-refractivity contribution in [3.63, 3.8) is 0 Å². The minimum atomic E-state index is 0.623. The number of aliphatic imine (C=N–C) groups is 1. The van der Waals surface area contributed by atoms with E-state index in [1.807, 2.05) is 18.2 Å². The highest BCUT2D eigenvalue weighted by Gasteiger charge is 2.21. The molecule has 0 aliphatic heterocycles. The van der Waals surface area contributed by atoms with E-state index in [1.165, 1.54) is 12.8 Å². The van der Waals surface area contributed by atoms with E-state index in [4.69, 9.17) is 0 Å². The van der Waals surface area contributed by atoms with E-state index in [9.17, 15) is 0 Å². The summed E-state index contributed by atoms with van der Waals surface area (Å²) in [5, 5.41) is 9.84. The molecular weight excluding hydrogens is 292 g/mol. The molecule has 0 amide bonds. The van der Waals surface area contributed by atoms with Gasteiger partial charge in [-0.1, -0.05) is 30.3 Å². The first kappa shape index (κ1) is 15.0. The van der Waals surface area contributed by atoms with Crippen molar-refractivity contribution in [3.8, 4) is 11.3 Å². The average Bonchev–Trinajstić information content (AvgIpc) is 3.27. The van der Waals surface area contributed by atoms with Gasteiger partial charge in [-0.05, 0) is 25.7 Å². The van der Waals surface area contributed by atoms with Crippen LogP contribution in [-0.2, 0) is 6.54 Å². The van der Waals surface area contributed by atoms with Gasteiger partial charge in [-0.25, -0.2) is 9.98 Å². The van der Waals surface area contributed by atoms with Crippen LogP contribution in [0.25, 0.3) is 11.3 Å². The van der Waals surface area contributed by atoms with Crippen molar-refractivity contribution in [1.82, 2.24) is 15.6 Å². The van der Waals surface area contributed by atoms with Gasteiger partial charge in [-0.2, -0.15) is 0 Å². The molecule has 3 rings (SSSR count). The average molecular weight is 314 g/mol. The van der Waals surface area contributed by atoms with Crippen LogP contribution in [0.15, 0.2) is 40.7 Å². The zero-order valence-corrected chi connectivity index (χ0v) is 13.7. The van der Waals surface area contributed by atoms with Crippen molar-refractivity contribution in [2.75, 3.05) is 13.1 Å². The summed E-state index contributed by atoms with van der Waals surface area (Å²) in [6.07, 6.45) is 2.69. The highest BCUT2D eigenvalue weighted by atomic mass is 32.1. The van der Waals surface area contributed by atoms with Crippen molar-refractivity contribution < 1.29 is 0 Å². The largest absolute Gasteiger partial charge is 0.357 e. The Kier molecular flexibility index (Phi) is 5.06. The maximum absolute atomic E-state index is 4.68. The molecule has 2 N–H and O–H groups in total. The number of aromatic nitrogens is 1. The minimum Gasteiger partial charge on any atom is -0.357 e. The minimum absolute atomic E-state index is 0.623. The maximum atomic E-state index is 4.68. The van der Waals surface area contributed by atoms with Crippen LogP contribution in [0.4, 0.5) is 0 Å². The number of nitrogens with zero attached hydrogens (tertiary/aromatic N) is 2. The van der Waals surface area contributed by atoms with Gasteiger partial charge < -0.3 is 10.6 Å². The number of thiazole rings is 1. The van der Waals surface area contributed by atoms with Crippen molar-refractivity contribution in [3.05, 3.63) is 40.7 Å². The van der Waals surface area contributed by atoms with Crippen LogP contribution in [0.3, 0.4) is 0 Å². The van der Waals surface area contributed by atoms with Crippen LogP contribution in [0.2, 0.25) is 0 Å². The van der Waals surface area contributed by atoms with Gasteiger partial charge in [0.1, 0.15) is 5.01 Å². The number of rotatable bonds is 6. The molecule has 5 heteroatoms. The fraction of sp³-hybridized carbons (Fsp3) is 0.412. The second-order valence-corrected chi connectivity index (χ2v) is 6.45. The normalized spacial score (nSPS) is 14.9. The summed E-state index contributed by atoms with van der Waals surface area (Å²) in [7, 11) is 0. The van der Waals surface area contributed by atoms with Crippen LogP contribution in [0.5, 0.6) is 0 Å². The molecule has 0 bridgehead atoms. The zero-order chi connectivity index (χ0) is 15.2. The Morgan fingerprint density at radius 2 is 2.09 bits per heavy atom. The lowest BCUT2D eigenvalue weighted by Gasteiger charge is -2.10. The second kappa shape index (κ2) is 7.40. The summed E-state index contributed by atoms with van der Waals surface area (Å²) in [5.74, 6) is 1.74. The van der Waals surface area contributed by atoms with Gasteiger partial charge in [0, 0.05) is 24.0 Å². The lowest BCUT2D eigenvalue weighted by Crippen LogP contribution is -2.38. The summed E-state index contributed by atoms with van der Waals surface area (Å²) < 4.78 is 0. The van der Waals surface area contributed by atoms with E-state index < -0.39 is 0 Å². The summed E-state index contributed by atoms with van der Waals surface area (Å²) >= 11 is 1.67. The van der Waals surface area contributed by atoms with Crippen molar-refractivity contribution in [1.29, 1.82) is 0 Å². The number of hydrogen-bond donors (Lipinski definition) is 2. The molecule has 0 radical (unpaired) electrons. The maximum Gasteiger partial charge on any atom is 0.191 e. The highest BCUT2D eigenvalue weighted by molar-refractivity contribution is 7.09. The molecule has 1 fully saturated rings. The summed E-state index contributed by atoms with van der Waals surface area (Å²) in [5.41, 5.74) is 2.19. The first-order valence-corrected chi connectivity index (χ1v) is 8.75. The third-order valence-electron chi connectivity index (χ3n) is 3.59. The molecule has 1 aromatic carbocycles. The number of benzene rings is 1. The molecule has 0 spiro atoms. The van der Waals surface area contributed by atoms with E-state index in [0.717, 1.165) is 41.2 Å². The number of nitrogens with one attached hydrogen (secondary N) is 2. The predicted octanol–water partition coefficient (Wildman–Crippen LogP) is 3.28. The SMILES string of the molecule is CCNC(=NCc1nc(-c2ccccc2)cs1)NCC1CC1. The standard InChI is InChI=1S/C17H22N4S/c1-2-18-17(19-10-13-8-9-13)20-11-16-21-15(12-22-16)14-6-4-3-5-7-14/h3-7,12-13H,2,8-11H2,1H3,(H2,18,19,20). The third kappa shape index (κ3) is 4.31. The zero-order valence-electron chi connectivity index (χ0n) is 12.9. The quantitative estimate of drug-likeness (QED) is 0.635. The summed E-state index contributed by atoms with van der Waals surface area (Å²) in [4.78, 5) is 9.31. The Labute approximate surface area is 135 Å². The lowest BCUT2D eigenvalue weighted by atomic mass is 10.2.